The third kappa shape index (κ3) is 4.50. The molecular formula is C25H23FN4O4. The highest BCUT2D eigenvalue weighted by atomic mass is 19.1. The van der Waals surface area contributed by atoms with Crippen LogP contribution in [-0.4, -0.2) is 29.9 Å². The molecule has 3 N–H and O–H groups in total. The van der Waals surface area contributed by atoms with Crippen molar-refractivity contribution in [3.8, 4) is 17.2 Å². The summed E-state index contributed by atoms with van der Waals surface area (Å²) >= 11 is 0. The van der Waals surface area contributed by atoms with Crippen LogP contribution in [0.25, 0.3) is 0 Å². The molecule has 0 unspecified atom stereocenters. The number of pyridine rings is 1. The summed E-state index contributed by atoms with van der Waals surface area (Å²) in [5, 5.41) is 8.72. The fourth-order valence-corrected chi connectivity index (χ4v) is 3.68. The van der Waals surface area contributed by atoms with Gasteiger partial charge in [0.25, 0.3) is 0 Å². The van der Waals surface area contributed by atoms with Crippen LogP contribution in [0.2, 0.25) is 0 Å². The summed E-state index contributed by atoms with van der Waals surface area (Å²) in [6.45, 7) is 1.35. The van der Waals surface area contributed by atoms with E-state index in [0.717, 1.165) is 13.0 Å². The van der Waals surface area contributed by atoms with Gasteiger partial charge in [0.2, 0.25) is 17.6 Å². The molecule has 1 aliphatic carbocycles. The fraction of sp³-hybridized carbons (Fsp3) is 0.240. The zero-order valence-corrected chi connectivity index (χ0v) is 18.3. The molecule has 2 aliphatic rings. The van der Waals surface area contributed by atoms with Gasteiger partial charge in [0.1, 0.15) is 17.0 Å². The standard InChI is InChI=1S/C25H23FN4O4/c26-16-2-4-17(5-3-16)29-23(31)25(11-12-25)24(32)30-18-6-8-19(9-7-18)34-20-10-14-28-22-21(20)33-15-1-13-27-22/h2-10,14H,1,11-13,15H2,(H,27,28)(H,29,31)(H,30,32). The van der Waals surface area contributed by atoms with E-state index in [0.29, 0.717) is 53.9 Å². The summed E-state index contributed by atoms with van der Waals surface area (Å²) in [5.74, 6) is 1.16. The van der Waals surface area contributed by atoms with Gasteiger partial charge in [-0.2, -0.15) is 0 Å². The molecule has 2 aromatic carbocycles. The zero-order valence-electron chi connectivity index (χ0n) is 18.3. The minimum absolute atomic E-state index is 0.375. The Morgan fingerprint density at radius 2 is 1.62 bits per heavy atom. The SMILES string of the molecule is O=C(Nc1ccc(F)cc1)C1(C(=O)Nc2ccc(Oc3ccnc4c3OCCCN4)cc2)CC1. The molecule has 1 aromatic heterocycles. The topological polar surface area (TPSA) is 102 Å². The number of fused-ring (bicyclic) bond motifs is 1. The number of hydrogen-bond acceptors (Lipinski definition) is 6. The molecule has 2 heterocycles. The summed E-state index contributed by atoms with van der Waals surface area (Å²) in [7, 11) is 0. The minimum Gasteiger partial charge on any atom is -0.486 e. The number of ether oxygens (including phenoxy) is 2. The summed E-state index contributed by atoms with van der Waals surface area (Å²) in [5.41, 5.74) is -0.132. The Labute approximate surface area is 195 Å². The third-order valence-corrected chi connectivity index (χ3v) is 5.79. The number of carbonyl (C=O) groups is 2. The van der Waals surface area contributed by atoms with Gasteiger partial charge in [0.05, 0.1) is 6.61 Å². The molecule has 5 rings (SSSR count). The van der Waals surface area contributed by atoms with Crippen LogP contribution < -0.4 is 25.4 Å². The van der Waals surface area contributed by atoms with Crippen LogP contribution in [0, 0.1) is 11.2 Å². The number of carbonyl (C=O) groups excluding carboxylic acids is 2. The van der Waals surface area contributed by atoms with E-state index in [1.807, 2.05) is 0 Å². The molecule has 1 aliphatic heterocycles. The van der Waals surface area contributed by atoms with Gasteiger partial charge in [-0.25, -0.2) is 9.37 Å². The Balaban J connectivity index is 1.23. The van der Waals surface area contributed by atoms with Gasteiger partial charge in [-0.15, -0.1) is 0 Å². The van der Waals surface area contributed by atoms with Crippen molar-refractivity contribution in [1.82, 2.24) is 4.98 Å². The minimum atomic E-state index is -1.12. The Morgan fingerprint density at radius 3 is 2.26 bits per heavy atom. The van der Waals surface area contributed by atoms with Crippen LogP contribution in [0.5, 0.6) is 17.2 Å². The first kappa shape index (κ1) is 21.7. The van der Waals surface area contributed by atoms with Gasteiger partial charge in [0, 0.05) is 30.2 Å². The number of anilines is 3. The number of rotatable bonds is 6. The van der Waals surface area contributed by atoms with Crippen LogP contribution in [0.3, 0.4) is 0 Å². The maximum absolute atomic E-state index is 13.1. The van der Waals surface area contributed by atoms with Gasteiger partial charge in [0.15, 0.2) is 11.6 Å². The van der Waals surface area contributed by atoms with E-state index in [-0.39, 0.29) is 5.91 Å². The lowest BCUT2D eigenvalue weighted by Crippen LogP contribution is -2.35. The number of halogens is 1. The van der Waals surface area contributed by atoms with Crippen LogP contribution >= 0.6 is 0 Å². The summed E-state index contributed by atoms with van der Waals surface area (Å²) in [4.78, 5) is 29.9. The van der Waals surface area contributed by atoms with Crippen molar-refractivity contribution in [1.29, 1.82) is 0 Å². The number of benzene rings is 2. The van der Waals surface area contributed by atoms with Crippen molar-refractivity contribution in [2.24, 2.45) is 5.41 Å². The molecule has 0 atom stereocenters. The number of hydrogen-bond donors (Lipinski definition) is 3. The second kappa shape index (κ2) is 9.01. The van der Waals surface area contributed by atoms with Crippen LogP contribution in [0.15, 0.2) is 60.8 Å². The van der Waals surface area contributed by atoms with Crippen molar-refractivity contribution in [2.75, 3.05) is 29.1 Å². The smallest absolute Gasteiger partial charge is 0.240 e. The quantitative estimate of drug-likeness (QED) is 0.464. The Bertz CT molecular complexity index is 1210. The first-order valence-electron chi connectivity index (χ1n) is 11.1. The highest BCUT2D eigenvalue weighted by Crippen LogP contribution is 2.47. The van der Waals surface area contributed by atoms with Crippen molar-refractivity contribution >= 4 is 29.0 Å². The van der Waals surface area contributed by atoms with Gasteiger partial charge >= 0.3 is 0 Å². The van der Waals surface area contributed by atoms with Gasteiger partial charge in [-0.05, 0) is 67.8 Å². The second-order valence-electron chi connectivity index (χ2n) is 8.24. The molecule has 174 valence electrons. The normalized spacial score (nSPS) is 15.6. The largest absolute Gasteiger partial charge is 0.486 e. The Kier molecular flexibility index (Phi) is 5.75. The maximum atomic E-state index is 13.1. The highest BCUT2D eigenvalue weighted by molar-refractivity contribution is 6.16. The lowest BCUT2D eigenvalue weighted by molar-refractivity contribution is -0.131. The molecule has 0 saturated heterocycles. The van der Waals surface area contributed by atoms with Crippen LogP contribution in [0.1, 0.15) is 19.3 Å². The van der Waals surface area contributed by atoms with Crippen LogP contribution in [0.4, 0.5) is 21.6 Å². The monoisotopic (exact) mass is 462 g/mol. The van der Waals surface area contributed by atoms with E-state index in [2.05, 4.69) is 20.9 Å². The fourth-order valence-electron chi connectivity index (χ4n) is 3.68. The molecule has 3 aromatic rings. The van der Waals surface area contributed by atoms with E-state index in [4.69, 9.17) is 9.47 Å². The Hall–Kier alpha value is -4.14. The third-order valence-electron chi connectivity index (χ3n) is 5.79. The van der Waals surface area contributed by atoms with Crippen molar-refractivity contribution < 1.29 is 23.5 Å². The summed E-state index contributed by atoms with van der Waals surface area (Å²) < 4.78 is 24.8. The maximum Gasteiger partial charge on any atom is 0.240 e. The van der Waals surface area contributed by atoms with Gasteiger partial charge in [-0.3, -0.25) is 9.59 Å². The van der Waals surface area contributed by atoms with Crippen LogP contribution in [-0.2, 0) is 9.59 Å². The molecule has 0 bridgehead atoms. The van der Waals surface area contributed by atoms with Gasteiger partial charge < -0.3 is 25.4 Å². The first-order chi connectivity index (χ1) is 16.5. The molecule has 0 radical (unpaired) electrons. The predicted molar refractivity (Wildman–Crippen MR) is 125 cm³/mol. The van der Waals surface area contributed by atoms with Crippen molar-refractivity contribution in [3.63, 3.8) is 0 Å². The predicted octanol–water partition coefficient (Wildman–Crippen LogP) is 4.56. The summed E-state index contributed by atoms with van der Waals surface area (Å²) in [6.07, 6.45) is 3.42. The number of nitrogens with zero attached hydrogens (tertiary/aromatic N) is 1. The Morgan fingerprint density at radius 1 is 0.971 bits per heavy atom. The van der Waals surface area contributed by atoms with E-state index >= 15 is 0 Å². The average molecular weight is 462 g/mol. The summed E-state index contributed by atoms with van der Waals surface area (Å²) in [6, 6.07) is 14.0. The molecule has 1 fully saturated rings. The van der Waals surface area contributed by atoms with E-state index in [9.17, 15) is 14.0 Å². The molecule has 8 nitrogen and oxygen atoms in total. The van der Waals surface area contributed by atoms with E-state index < -0.39 is 17.1 Å². The molecule has 0 spiro atoms. The number of amides is 2. The number of nitrogens with one attached hydrogen (secondary N) is 3. The number of aromatic nitrogens is 1. The molecular weight excluding hydrogens is 439 g/mol. The van der Waals surface area contributed by atoms with E-state index in [1.165, 1.54) is 24.3 Å². The zero-order chi connectivity index (χ0) is 23.5. The van der Waals surface area contributed by atoms with Crippen molar-refractivity contribution in [2.45, 2.75) is 19.3 Å². The molecule has 9 heteroatoms. The molecule has 34 heavy (non-hydrogen) atoms. The highest BCUT2D eigenvalue weighted by Gasteiger charge is 2.56. The first-order valence-corrected chi connectivity index (χ1v) is 11.1. The average Bonchev–Trinajstić information content (AvgIpc) is 3.67. The van der Waals surface area contributed by atoms with Crippen molar-refractivity contribution in [3.05, 3.63) is 66.6 Å². The second-order valence-corrected chi connectivity index (χ2v) is 8.24. The lowest BCUT2D eigenvalue weighted by atomic mass is 10.0. The lowest BCUT2D eigenvalue weighted by Gasteiger charge is -2.16. The van der Waals surface area contributed by atoms with Gasteiger partial charge in [-0.1, -0.05) is 0 Å². The molecule has 2 amide bonds. The molecule has 1 saturated carbocycles. The van der Waals surface area contributed by atoms with E-state index in [1.54, 1.807) is 36.5 Å².